The normalized spacial score (nSPS) is 10.4. The molecule has 0 aliphatic rings. The summed E-state index contributed by atoms with van der Waals surface area (Å²) in [6.07, 6.45) is 0.761. The van der Waals surface area contributed by atoms with E-state index < -0.39 is 0 Å². The molecule has 0 atom stereocenters. The van der Waals surface area contributed by atoms with Crippen molar-refractivity contribution in [3.63, 3.8) is 0 Å². The number of aliphatic hydroxyl groups is 1. The molecule has 0 amide bonds. The molecule has 0 saturated carbocycles. The first-order valence-electron chi connectivity index (χ1n) is 6.09. The Morgan fingerprint density at radius 2 is 1.68 bits per heavy atom. The maximum absolute atomic E-state index is 11.8. The maximum Gasteiger partial charge on any atom is 0.173 e. The second-order valence-corrected chi connectivity index (χ2v) is 4.98. The Morgan fingerprint density at radius 3 is 2.32 bits per heavy atom. The zero-order valence-corrected chi connectivity index (χ0v) is 12.1. The summed E-state index contributed by atoms with van der Waals surface area (Å²) < 4.78 is 0. The molecule has 0 heterocycles. The van der Waals surface area contributed by atoms with Crippen LogP contribution in [0.4, 0.5) is 0 Å². The second-order valence-electron chi connectivity index (χ2n) is 4.42. The standard InChI is InChI=1S/C16H15BrO2/c17-10-16(19)15-8-13(7-14(9-15)11-18)6-12-4-2-1-3-5-12/h1-5,7-9,18H,6,10-11H2. The molecule has 98 valence electrons. The topological polar surface area (TPSA) is 37.3 Å². The number of aliphatic hydroxyl groups excluding tert-OH is 1. The van der Waals surface area contributed by atoms with E-state index in [-0.39, 0.29) is 12.4 Å². The van der Waals surface area contributed by atoms with E-state index in [1.807, 2.05) is 30.3 Å². The predicted molar refractivity (Wildman–Crippen MR) is 79.7 cm³/mol. The number of alkyl halides is 1. The number of Topliss-reactive ketones (excluding diaryl/α,β-unsaturated/α-hetero) is 1. The van der Waals surface area contributed by atoms with Gasteiger partial charge in [-0.15, -0.1) is 0 Å². The number of hydrogen-bond donors (Lipinski definition) is 1. The molecule has 2 aromatic carbocycles. The van der Waals surface area contributed by atoms with E-state index in [1.165, 1.54) is 5.56 Å². The number of benzene rings is 2. The van der Waals surface area contributed by atoms with Gasteiger partial charge in [0.2, 0.25) is 0 Å². The monoisotopic (exact) mass is 318 g/mol. The number of rotatable bonds is 5. The van der Waals surface area contributed by atoms with Crippen LogP contribution in [0.1, 0.15) is 27.0 Å². The highest BCUT2D eigenvalue weighted by molar-refractivity contribution is 9.09. The van der Waals surface area contributed by atoms with Gasteiger partial charge in [-0.2, -0.15) is 0 Å². The average Bonchev–Trinajstić information content (AvgIpc) is 2.47. The van der Waals surface area contributed by atoms with Crippen LogP contribution in [0.2, 0.25) is 0 Å². The molecule has 0 aliphatic carbocycles. The van der Waals surface area contributed by atoms with Crippen LogP contribution in [-0.2, 0) is 13.0 Å². The Labute approximate surface area is 121 Å². The molecule has 1 N–H and O–H groups in total. The number of carbonyl (C=O) groups excluding carboxylic acids is 1. The SMILES string of the molecule is O=C(CBr)c1cc(CO)cc(Cc2ccccc2)c1. The quantitative estimate of drug-likeness (QED) is 0.678. The van der Waals surface area contributed by atoms with Gasteiger partial charge in [0, 0.05) is 5.56 Å². The first-order valence-corrected chi connectivity index (χ1v) is 7.22. The zero-order valence-electron chi connectivity index (χ0n) is 10.5. The van der Waals surface area contributed by atoms with Gasteiger partial charge in [-0.3, -0.25) is 4.79 Å². The Bertz CT molecular complexity index is 564. The van der Waals surface area contributed by atoms with Crippen molar-refractivity contribution in [2.24, 2.45) is 0 Å². The molecule has 19 heavy (non-hydrogen) atoms. The smallest absolute Gasteiger partial charge is 0.173 e. The molecule has 0 fully saturated rings. The lowest BCUT2D eigenvalue weighted by molar-refractivity contribution is 0.102. The van der Waals surface area contributed by atoms with Gasteiger partial charge in [-0.1, -0.05) is 52.3 Å². The van der Waals surface area contributed by atoms with E-state index in [9.17, 15) is 9.90 Å². The zero-order chi connectivity index (χ0) is 13.7. The minimum absolute atomic E-state index is 0.0320. The van der Waals surface area contributed by atoms with Gasteiger partial charge in [0.25, 0.3) is 0 Å². The molecule has 0 unspecified atom stereocenters. The van der Waals surface area contributed by atoms with Crippen molar-refractivity contribution >= 4 is 21.7 Å². The minimum Gasteiger partial charge on any atom is -0.392 e. The third-order valence-electron chi connectivity index (χ3n) is 2.93. The van der Waals surface area contributed by atoms with Crippen LogP contribution in [0.15, 0.2) is 48.5 Å². The highest BCUT2D eigenvalue weighted by Gasteiger charge is 2.08. The van der Waals surface area contributed by atoms with E-state index in [0.717, 1.165) is 17.5 Å². The van der Waals surface area contributed by atoms with Crippen LogP contribution in [-0.4, -0.2) is 16.2 Å². The summed E-state index contributed by atoms with van der Waals surface area (Å²) >= 11 is 3.18. The Kier molecular flexibility index (Phi) is 4.88. The molecule has 0 saturated heterocycles. The lowest BCUT2D eigenvalue weighted by Crippen LogP contribution is -2.03. The number of ketones is 1. The fraction of sp³-hybridized carbons (Fsp3) is 0.188. The Morgan fingerprint density at radius 1 is 1.00 bits per heavy atom. The second kappa shape index (κ2) is 6.64. The van der Waals surface area contributed by atoms with Crippen LogP contribution in [0, 0.1) is 0 Å². The minimum atomic E-state index is -0.0504. The van der Waals surface area contributed by atoms with Crippen molar-refractivity contribution in [1.82, 2.24) is 0 Å². The van der Waals surface area contributed by atoms with Gasteiger partial charge < -0.3 is 5.11 Å². The van der Waals surface area contributed by atoms with Crippen molar-refractivity contribution < 1.29 is 9.90 Å². The van der Waals surface area contributed by atoms with E-state index in [4.69, 9.17) is 0 Å². The Hall–Kier alpha value is -1.45. The van der Waals surface area contributed by atoms with E-state index >= 15 is 0 Å². The molecule has 0 aliphatic heterocycles. The molecule has 0 bridgehead atoms. The lowest BCUT2D eigenvalue weighted by Gasteiger charge is -2.07. The summed E-state index contributed by atoms with van der Waals surface area (Å²) in [6, 6.07) is 15.7. The van der Waals surface area contributed by atoms with Gasteiger partial charge in [0.05, 0.1) is 11.9 Å². The fourth-order valence-electron chi connectivity index (χ4n) is 2.03. The third-order valence-corrected chi connectivity index (χ3v) is 3.44. The van der Waals surface area contributed by atoms with Gasteiger partial charge in [-0.25, -0.2) is 0 Å². The molecule has 0 aromatic heterocycles. The maximum atomic E-state index is 11.8. The van der Waals surface area contributed by atoms with Crippen molar-refractivity contribution in [2.75, 3.05) is 5.33 Å². The lowest BCUT2D eigenvalue weighted by atomic mass is 9.98. The van der Waals surface area contributed by atoms with Crippen molar-refractivity contribution in [2.45, 2.75) is 13.0 Å². The van der Waals surface area contributed by atoms with Crippen LogP contribution in [0.25, 0.3) is 0 Å². The van der Waals surface area contributed by atoms with E-state index in [2.05, 4.69) is 28.1 Å². The first kappa shape index (κ1) is 14.0. The summed E-state index contributed by atoms with van der Waals surface area (Å²) in [5, 5.41) is 9.58. The molecule has 2 nitrogen and oxygen atoms in total. The number of halogens is 1. The first-order chi connectivity index (χ1) is 9.22. The van der Waals surface area contributed by atoms with Gasteiger partial charge >= 0.3 is 0 Å². The predicted octanol–water partition coefficient (Wildman–Crippen LogP) is 3.35. The fourth-order valence-corrected chi connectivity index (χ4v) is 2.35. The van der Waals surface area contributed by atoms with Crippen LogP contribution < -0.4 is 0 Å². The molecule has 2 aromatic rings. The summed E-state index contributed by atoms with van der Waals surface area (Å²) in [6.45, 7) is -0.0504. The highest BCUT2D eigenvalue weighted by atomic mass is 79.9. The highest BCUT2D eigenvalue weighted by Crippen LogP contribution is 2.16. The van der Waals surface area contributed by atoms with Crippen molar-refractivity contribution in [1.29, 1.82) is 0 Å². The molecule has 3 heteroatoms. The molecule has 0 radical (unpaired) electrons. The molecular formula is C16H15BrO2. The van der Waals surface area contributed by atoms with Crippen LogP contribution >= 0.6 is 15.9 Å². The third kappa shape index (κ3) is 3.75. The van der Waals surface area contributed by atoms with Crippen molar-refractivity contribution in [3.05, 3.63) is 70.8 Å². The molecular weight excluding hydrogens is 304 g/mol. The summed E-state index contributed by atoms with van der Waals surface area (Å²) in [5.41, 5.74) is 3.66. The molecule has 0 spiro atoms. The van der Waals surface area contributed by atoms with Crippen LogP contribution in [0.5, 0.6) is 0 Å². The van der Waals surface area contributed by atoms with E-state index in [1.54, 1.807) is 6.07 Å². The van der Waals surface area contributed by atoms with E-state index in [0.29, 0.717) is 10.9 Å². The largest absolute Gasteiger partial charge is 0.392 e. The number of carbonyl (C=O) groups is 1. The van der Waals surface area contributed by atoms with Gasteiger partial charge in [0.1, 0.15) is 0 Å². The summed E-state index contributed by atoms with van der Waals surface area (Å²) in [5.74, 6) is 0.0320. The summed E-state index contributed by atoms with van der Waals surface area (Å²) in [4.78, 5) is 11.8. The number of hydrogen-bond acceptors (Lipinski definition) is 2. The van der Waals surface area contributed by atoms with Gasteiger partial charge in [0.15, 0.2) is 5.78 Å². The van der Waals surface area contributed by atoms with Gasteiger partial charge in [-0.05, 0) is 35.2 Å². The van der Waals surface area contributed by atoms with Crippen molar-refractivity contribution in [3.8, 4) is 0 Å². The van der Waals surface area contributed by atoms with Crippen LogP contribution in [0.3, 0.4) is 0 Å². The Balaban J connectivity index is 2.32. The molecule has 2 rings (SSSR count). The average molecular weight is 319 g/mol. The summed E-state index contributed by atoms with van der Waals surface area (Å²) in [7, 11) is 0.